The Morgan fingerprint density at radius 2 is 2.11 bits per heavy atom. The molecule has 27 heavy (non-hydrogen) atoms. The highest BCUT2D eigenvalue weighted by Crippen LogP contribution is 2.36. The number of halogens is 1. The van der Waals surface area contributed by atoms with Crippen LogP contribution in [0.2, 0.25) is 0 Å². The first-order valence-corrected chi connectivity index (χ1v) is 9.41. The van der Waals surface area contributed by atoms with Crippen molar-refractivity contribution in [1.29, 1.82) is 0 Å². The molecule has 1 aliphatic carbocycles. The number of amides is 1. The van der Waals surface area contributed by atoms with Gasteiger partial charge in [-0.05, 0) is 47.0 Å². The van der Waals surface area contributed by atoms with Gasteiger partial charge in [0.2, 0.25) is 0 Å². The predicted octanol–water partition coefficient (Wildman–Crippen LogP) is 2.03. The van der Waals surface area contributed by atoms with Crippen molar-refractivity contribution in [2.45, 2.75) is 25.4 Å². The summed E-state index contributed by atoms with van der Waals surface area (Å²) in [6, 6.07) is 5.60. The van der Waals surface area contributed by atoms with Gasteiger partial charge in [-0.2, -0.15) is 0 Å². The highest BCUT2D eigenvalue weighted by molar-refractivity contribution is 9.10. The fourth-order valence-corrected chi connectivity index (χ4v) is 3.20. The van der Waals surface area contributed by atoms with Crippen molar-refractivity contribution in [1.82, 2.24) is 29.6 Å². The van der Waals surface area contributed by atoms with Crippen LogP contribution in [0.4, 0.5) is 0 Å². The Hall–Kier alpha value is -2.81. The second-order valence-electron chi connectivity index (χ2n) is 6.32. The van der Waals surface area contributed by atoms with Crippen LogP contribution in [0, 0.1) is 0 Å². The third-order valence-electron chi connectivity index (χ3n) is 4.28. The Labute approximate surface area is 163 Å². The highest BCUT2D eigenvalue weighted by atomic mass is 79.9. The maximum Gasteiger partial charge on any atom is 0.346 e. The van der Waals surface area contributed by atoms with Crippen LogP contribution in [-0.4, -0.2) is 36.8 Å². The second kappa shape index (κ2) is 7.43. The minimum Gasteiger partial charge on any atom is -0.350 e. The van der Waals surface area contributed by atoms with E-state index < -0.39 is 0 Å². The highest BCUT2D eigenvalue weighted by Gasteiger charge is 2.30. The molecule has 1 fully saturated rings. The maximum absolute atomic E-state index is 12.7. The average molecular weight is 429 g/mol. The molecule has 3 aromatic rings. The summed E-state index contributed by atoms with van der Waals surface area (Å²) >= 11 is 3.29. The van der Waals surface area contributed by atoms with Crippen molar-refractivity contribution in [3.8, 4) is 11.4 Å². The second-order valence-corrected chi connectivity index (χ2v) is 7.24. The largest absolute Gasteiger partial charge is 0.350 e. The van der Waals surface area contributed by atoms with Gasteiger partial charge >= 0.3 is 5.69 Å². The van der Waals surface area contributed by atoms with E-state index in [9.17, 15) is 9.59 Å². The molecule has 0 atom stereocenters. The number of aromatic nitrogens is 5. The first-order valence-electron chi connectivity index (χ1n) is 8.62. The lowest BCUT2D eigenvalue weighted by Crippen LogP contribution is -2.32. The predicted molar refractivity (Wildman–Crippen MR) is 102 cm³/mol. The molecule has 1 N–H and O–H groups in total. The summed E-state index contributed by atoms with van der Waals surface area (Å²) in [6.07, 6.45) is 8.45. The standard InChI is InChI=1S/C18H17BrN6O2/c19-14-8-13(10-21-11-14)17(26)22-6-7-24-18(27)25(15-3-4-15)16(23-24)12-2-1-5-20-9-12/h1-2,5,8-11,15H,3-4,6-7H2,(H,22,26). The molecule has 0 aliphatic heterocycles. The van der Waals surface area contributed by atoms with Crippen molar-refractivity contribution in [3.63, 3.8) is 0 Å². The number of hydrogen-bond acceptors (Lipinski definition) is 5. The smallest absolute Gasteiger partial charge is 0.346 e. The molecule has 3 heterocycles. The third kappa shape index (κ3) is 3.82. The molecule has 0 aromatic carbocycles. The van der Waals surface area contributed by atoms with Crippen LogP contribution in [0.5, 0.6) is 0 Å². The quantitative estimate of drug-likeness (QED) is 0.647. The van der Waals surface area contributed by atoms with Crippen LogP contribution < -0.4 is 11.0 Å². The first kappa shape index (κ1) is 17.6. The van der Waals surface area contributed by atoms with Crippen LogP contribution in [-0.2, 0) is 6.54 Å². The molecule has 138 valence electrons. The van der Waals surface area contributed by atoms with E-state index in [1.165, 1.54) is 10.9 Å². The molecule has 0 spiro atoms. The topological polar surface area (TPSA) is 94.7 Å². The number of carbonyl (C=O) groups excluding carboxylic acids is 1. The van der Waals surface area contributed by atoms with Crippen molar-refractivity contribution >= 4 is 21.8 Å². The summed E-state index contributed by atoms with van der Waals surface area (Å²) in [5.74, 6) is 0.379. The molecular weight excluding hydrogens is 412 g/mol. The third-order valence-corrected chi connectivity index (χ3v) is 4.71. The molecule has 3 aromatic heterocycles. The van der Waals surface area contributed by atoms with Crippen molar-refractivity contribution in [2.75, 3.05) is 6.54 Å². The van der Waals surface area contributed by atoms with Gasteiger partial charge < -0.3 is 5.32 Å². The van der Waals surface area contributed by atoms with Crippen LogP contribution in [0.15, 0.2) is 52.3 Å². The van der Waals surface area contributed by atoms with Gasteiger partial charge in [-0.3, -0.25) is 19.3 Å². The number of nitrogens with one attached hydrogen (secondary N) is 1. The summed E-state index contributed by atoms with van der Waals surface area (Å²) in [5.41, 5.74) is 1.11. The molecule has 4 rings (SSSR count). The lowest BCUT2D eigenvalue weighted by atomic mass is 10.3. The lowest BCUT2D eigenvalue weighted by Gasteiger charge is -2.04. The molecule has 0 radical (unpaired) electrons. The lowest BCUT2D eigenvalue weighted by molar-refractivity contribution is 0.0951. The Kier molecular flexibility index (Phi) is 4.85. The average Bonchev–Trinajstić information content (AvgIpc) is 3.46. The van der Waals surface area contributed by atoms with Crippen molar-refractivity contribution < 1.29 is 4.79 Å². The Balaban J connectivity index is 1.50. The Morgan fingerprint density at radius 3 is 2.81 bits per heavy atom. The number of rotatable bonds is 6. The molecule has 1 amide bonds. The van der Waals surface area contributed by atoms with Gasteiger partial charge in [-0.15, -0.1) is 5.10 Å². The van der Waals surface area contributed by atoms with E-state index in [4.69, 9.17) is 0 Å². The van der Waals surface area contributed by atoms with Crippen LogP contribution in [0.25, 0.3) is 11.4 Å². The van der Waals surface area contributed by atoms with E-state index in [1.807, 2.05) is 12.1 Å². The van der Waals surface area contributed by atoms with Gasteiger partial charge in [0.05, 0.1) is 12.1 Å². The summed E-state index contributed by atoms with van der Waals surface area (Å²) in [5, 5.41) is 7.28. The summed E-state index contributed by atoms with van der Waals surface area (Å²) < 4.78 is 3.87. The SMILES string of the molecule is O=C(NCCn1nc(-c2cccnc2)n(C2CC2)c1=O)c1cncc(Br)c1. The van der Waals surface area contributed by atoms with E-state index in [0.717, 1.165) is 22.9 Å². The zero-order valence-corrected chi connectivity index (χ0v) is 16.0. The molecule has 1 aliphatic rings. The fourth-order valence-electron chi connectivity index (χ4n) is 2.83. The van der Waals surface area contributed by atoms with E-state index in [-0.39, 0.29) is 17.6 Å². The minimum absolute atomic E-state index is 0.158. The van der Waals surface area contributed by atoms with E-state index >= 15 is 0 Å². The molecular formula is C18H17BrN6O2. The van der Waals surface area contributed by atoms with Crippen LogP contribution in [0.1, 0.15) is 29.2 Å². The monoisotopic (exact) mass is 428 g/mol. The van der Waals surface area contributed by atoms with Crippen LogP contribution >= 0.6 is 15.9 Å². The number of carbonyl (C=O) groups is 1. The molecule has 8 nitrogen and oxygen atoms in total. The van der Waals surface area contributed by atoms with Gasteiger partial charge in [-0.1, -0.05) is 0 Å². The Morgan fingerprint density at radius 1 is 1.26 bits per heavy atom. The van der Waals surface area contributed by atoms with Crippen molar-refractivity contribution in [3.05, 3.63) is 63.5 Å². The molecule has 0 bridgehead atoms. The Bertz CT molecular complexity index is 1030. The zero-order valence-electron chi connectivity index (χ0n) is 14.4. The van der Waals surface area contributed by atoms with E-state index in [2.05, 4.69) is 36.3 Å². The van der Waals surface area contributed by atoms with Crippen molar-refractivity contribution in [2.24, 2.45) is 0 Å². The molecule has 9 heteroatoms. The van der Waals surface area contributed by atoms with Gasteiger partial charge in [0.25, 0.3) is 5.91 Å². The first-order chi connectivity index (χ1) is 13.1. The van der Waals surface area contributed by atoms with Gasteiger partial charge in [0.15, 0.2) is 5.82 Å². The molecule has 0 saturated heterocycles. The summed E-state index contributed by atoms with van der Waals surface area (Å²) in [7, 11) is 0. The minimum atomic E-state index is -0.244. The summed E-state index contributed by atoms with van der Waals surface area (Å²) in [6.45, 7) is 0.582. The van der Waals surface area contributed by atoms with Gasteiger partial charge in [0, 0.05) is 47.4 Å². The normalized spacial score (nSPS) is 13.5. The van der Waals surface area contributed by atoms with Gasteiger partial charge in [0.1, 0.15) is 0 Å². The number of hydrogen-bond donors (Lipinski definition) is 1. The maximum atomic E-state index is 12.7. The molecule has 1 saturated carbocycles. The fraction of sp³-hybridized carbons (Fsp3) is 0.278. The number of nitrogens with zero attached hydrogens (tertiary/aromatic N) is 5. The molecule has 0 unspecified atom stereocenters. The number of pyridine rings is 2. The zero-order chi connectivity index (χ0) is 18.8. The van der Waals surface area contributed by atoms with E-state index in [1.54, 1.807) is 29.2 Å². The van der Waals surface area contributed by atoms with E-state index in [0.29, 0.717) is 24.5 Å². The van der Waals surface area contributed by atoms with Crippen LogP contribution in [0.3, 0.4) is 0 Å². The summed E-state index contributed by atoms with van der Waals surface area (Å²) in [4.78, 5) is 33.0. The van der Waals surface area contributed by atoms with Gasteiger partial charge in [-0.25, -0.2) is 9.48 Å².